The lowest BCUT2D eigenvalue weighted by atomic mass is 9.95. The number of carbonyl (C=O) groups is 1. The molecule has 0 fully saturated rings. The Morgan fingerprint density at radius 1 is 0.825 bits per heavy atom. The number of benzene rings is 6. The number of thiazole rings is 1. The highest BCUT2D eigenvalue weighted by atomic mass is 35.5. The van der Waals surface area contributed by atoms with Gasteiger partial charge in [-0.05, 0) is 75.5 Å². The minimum Gasteiger partial charge on any atom is -0.489 e. The Morgan fingerprint density at radius 2 is 1.44 bits per heavy atom. The predicted molar refractivity (Wildman–Crippen MR) is 215 cm³/mol. The van der Waals surface area contributed by atoms with Gasteiger partial charge >= 0.3 is 12.1 Å². The standard InChI is InChI=1S/C45H32ClF3N2O5S/c1-2-54-43(53)39-40(29-17-20-33(46)21-18-29)51-42(52)38(57-44(51)50-41(39)45(47,48)49)23-30-19-22-34(55-25-31-13-7-11-27-9-3-5-15-35(27)31)24-37(30)56-26-32-14-8-12-28-10-4-6-16-36(28)32/h3-24,40H,2,25-26H2,1H3/b38-23+/t40-/m1/s1. The highest BCUT2D eigenvalue weighted by molar-refractivity contribution is 7.07. The van der Waals surface area contributed by atoms with Crippen LogP contribution in [-0.4, -0.2) is 23.3 Å². The number of esters is 1. The zero-order valence-corrected chi connectivity index (χ0v) is 31.8. The normalized spacial score (nSPS) is 14.4. The van der Waals surface area contributed by atoms with Crippen molar-refractivity contribution < 1.29 is 32.2 Å². The Morgan fingerprint density at radius 3 is 2.07 bits per heavy atom. The molecule has 1 atom stereocenters. The Balaban J connectivity index is 1.24. The molecule has 0 amide bonds. The van der Waals surface area contributed by atoms with E-state index in [9.17, 15) is 22.8 Å². The molecule has 1 aromatic heterocycles. The fraction of sp³-hybridized carbons (Fsp3) is 0.133. The van der Waals surface area contributed by atoms with E-state index in [0.717, 1.165) is 48.6 Å². The zero-order valence-electron chi connectivity index (χ0n) is 30.3. The van der Waals surface area contributed by atoms with Crippen LogP contribution in [0.3, 0.4) is 0 Å². The second kappa shape index (κ2) is 15.8. The number of fused-ring (bicyclic) bond motifs is 3. The van der Waals surface area contributed by atoms with E-state index in [4.69, 9.17) is 25.8 Å². The van der Waals surface area contributed by atoms with Gasteiger partial charge in [-0.25, -0.2) is 9.79 Å². The van der Waals surface area contributed by atoms with Crippen molar-refractivity contribution in [2.24, 2.45) is 4.99 Å². The monoisotopic (exact) mass is 804 g/mol. The van der Waals surface area contributed by atoms with E-state index in [1.807, 2.05) is 84.9 Å². The van der Waals surface area contributed by atoms with E-state index < -0.39 is 35.0 Å². The molecule has 1 aliphatic rings. The number of hydrogen-bond donors (Lipinski definition) is 0. The van der Waals surface area contributed by atoms with E-state index in [-0.39, 0.29) is 34.7 Å². The third-order valence-corrected chi connectivity index (χ3v) is 10.8. The summed E-state index contributed by atoms with van der Waals surface area (Å²) in [6, 6.07) is 37.5. The summed E-state index contributed by atoms with van der Waals surface area (Å²) in [6.07, 6.45) is -3.48. The van der Waals surface area contributed by atoms with Crippen molar-refractivity contribution in [2.75, 3.05) is 6.61 Å². The van der Waals surface area contributed by atoms with E-state index in [1.165, 1.54) is 31.2 Å². The number of carbonyl (C=O) groups excluding carboxylic acids is 1. The average molecular weight is 805 g/mol. The van der Waals surface area contributed by atoms with Gasteiger partial charge in [0.25, 0.3) is 5.56 Å². The van der Waals surface area contributed by atoms with Crippen molar-refractivity contribution in [2.45, 2.75) is 32.4 Å². The maximum absolute atomic E-state index is 14.7. The van der Waals surface area contributed by atoms with Gasteiger partial charge in [0.2, 0.25) is 0 Å². The molecule has 7 aromatic rings. The molecule has 0 radical (unpaired) electrons. The van der Waals surface area contributed by atoms with Crippen LogP contribution < -0.4 is 24.4 Å². The van der Waals surface area contributed by atoms with Crippen LogP contribution in [0.25, 0.3) is 27.6 Å². The molecule has 0 saturated heterocycles. The Kier molecular flexibility index (Phi) is 10.4. The molecular formula is C45H32ClF3N2O5S. The van der Waals surface area contributed by atoms with Crippen molar-refractivity contribution in [3.63, 3.8) is 0 Å². The first-order valence-corrected chi connectivity index (χ1v) is 19.2. The molecule has 6 aromatic carbocycles. The fourth-order valence-electron chi connectivity index (χ4n) is 6.94. The maximum atomic E-state index is 14.7. The molecule has 0 bridgehead atoms. The summed E-state index contributed by atoms with van der Waals surface area (Å²) in [7, 11) is 0. The number of nitrogens with zero attached hydrogens (tertiary/aromatic N) is 2. The van der Waals surface area contributed by atoms with Crippen molar-refractivity contribution in [1.29, 1.82) is 0 Å². The molecule has 1 aliphatic heterocycles. The summed E-state index contributed by atoms with van der Waals surface area (Å²) in [5.74, 6) is -0.348. The second-order valence-electron chi connectivity index (χ2n) is 13.2. The van der Waals surface area contributed by atoms with Crippen molar-refractivity contribution >= 4 is 56.5 Å². The second-order valence-corrected chi connectivity index (χ2v) is 14.6. The largest absolute Gasteiger partial charge is 0.489 e. The summed E-state index contributed by atoms with van der Waals surface area (Å²) >= 11 is 6.90. The summed E-state index contributed by atoms with van der Waals surface area (Å²) in [5.41, 5.74) is -0.266. The first kappa shape index (κ1) is 37.7. The quantitative estimate of drug-likeness (QED) is 0.129. The van der Waals surface area contributed by atoms with Crippen LogP contribution in [0.4, 0.5) is 13.2 Å². The van der Waals surface area contributed by atoms with E-state index in [2.05, 4.69) is 4.99 Å². The van der Waals surface area contributed by atoms with Crippen molar-refractivity contribution in [3.8, 4) is 11.5 Å². The molecule has 0 unspecified atom stereocenters. The van der Waals surface area contributed by atoms with E-state index in [0.29, 0.717) is 22.1 Å². The lowest BCUT2D eigenvalue weighted by molar-refractivity contribution is -0.140. The number of alkyl halides is 3. The molecular weight excluding hydrogens is 773 g/mol. The van der Waals surface area contributed by atoms with Gasteiger partial charge in [0.05, 0.1) is 22.8 Å². The minimum absolute atomic E-state index is 0.0683. The number of halogens is 4. The smallest absolute Gasteiger partial charge is 0.434 e. The SMILES string of the molecule is CCOC(=O)C1=C(C(F)(F)F)N=c2s/c(=C/c3ccc(OCc4cccc5ccccc45)cc3OCc3cccc4ccccc34)c(=O)n2[C@@H]1c1ccc(Cl)cc1. The van der Waals surface area contributed by atoms with Crippen LogP contribution >= 0.6 is 22.9 Å². The van der Waals surface area contributed by atoms with Crippen LogP contribution in [0.15, 0.2) is 148 Å². The zero-order chi connectivity index (χ0) is 39.7. The van der Waals surface area contributed by atoms with Gasteiger partial charge < -0.3 is 14.2 Å². The van der Waals surface area contributed by atoms with Crippen LogP contribution in [0.1, 0.15) is 35.2 Å². The van der Waals surface area contributed by atoms with Gasteiger partial charge in [0.15, 0.2) is 10.5 Å². The topological polar surface area (TPSA) is 79.1 Å². The molecule has 8 rings (SSSR count). The first-order valence-electron chi connectivity index (χ1n) is 18.0. The summed E-state index contributed by atoms with van der Waals surface area (Å²) in [4.78, 5) is 31.3. The fourth-order valence-corrected chi connectivity index (χ4v) is 8.06. The molecule has 286 valence electrons. The summed E-state index contributed by atoms with van der Waals surface area (Å²) in [5, 5.41) is 4.53. The van der Waals surface area contributed by atoms with Crippen LogP contribution in [0.5, 0.6) is 11.5 Å². The molecule has 7 nitrogen and oxygen atoms in total. The van der Waals surface area contributed by atoms with Crippen LogP contribution in [0, 0.1) is 0 Å². The molecule has 2 heterocycles. The maximum Gasteiger partial charge on any atom is 0.434 e. The molecule has 12 heteroatoms. The Labute approximate surface area is 333 Å². The third kappa shape index (κ3) is 7.68. The first-order chi connectivity index (χ1) is 27.6. The van der Waals surface area contributed by atoms with Gasteiger partial charge in [-0.3, -0.25) is 9.36 Å². The van der Waals surface area contributed by atoms with E-state index in [1.54, 1.807) is 24.3 Å². The molecule has 57 heavy (non-hydrogen) atoms. The number of aromatic nitrogens is 1. The van der Waals surface area contributed by atoms with Crippen LogP contribution in [-0.2, 0) is 22.7 Å². The van der Waals surface area contributed by atoms with Gasteiger partial charge in [-0.1, -0.05) is 120 Å². The Bertz CT molecular complexity index is 2870. The third-order valence-electron chi connectivity index (χ3n) is 9.59. The number of hydrogen-bond acceptors (Lipinski definition) is 7. The molecule has 0 spiro atoms. The predicted octanol–water partition coefficient (Wildman–Crippen LogP) is 9.46. The van der Waals surface area contributed by atoms with Gasteiger partial charge in [0, 0.05) is 16.7 Å². The number of rotatable bonds is 10. The summed E-state index contributed by atoms with van der Waals surface area (Å²) in [6.45, 7) is 1.74. The highest BCUT2D eigenvalue weighted by Crippen LogP contribution is 2.39. The minimum atomic E-state index is -5.04. The highest BCUT2D eigenvalue weighted by Gasteiger charge is 2.45. The van der Waals surface area contributed by atoms with Gasteiger partial charge in [-0.2, -0.15) is 13.2 Å². The van der Waals surface area contributed by atoms with Crippen molar-refractivity contribution in [1.82, 2.24) is 4.57 Å². The van der Waals surface area contributed by atoms with Crippen LogP contribution in [0.2, 0.25) is 5.02 Å². The Hall–Kier alpha value is -6.17. The average Bonchev–Trinajstić information content (AvgIpc) is 3.53. The van der Waals surface area contributed by atoms with Crippen molar-refractivity contribution in [3.05, 3.63) is 186 Å². The lowest BCUT2D eigenvalue weighted by Gasteiger charge is -2.26. The summed E-state index contributed by atoms with van der Waals surface area (Å²) < 4.78 is 63.0. The number of allylic oxidation sites excluding steroid dienone is 1. The lowest BCUT2D eigenvalue weighted by Crippen LogP contribution is -2.41. The molecule has 0 N–H and O–H groups in total. The van der Waals surface area contributed by atoms with E-state index >= 15 is 0 Å². The van der Waals surface area contributed by atoms with Gasteiger partial charge in [-0.15, -0.1) is 0 Å². The molecule has 0 aliphatic carbocycles. The molecule has 0 saturated carbocycles. The van der Waals surface area contributed by atoms with Gasteiger partial charge in [0.1, 0.15) is 24.7 Å². The number of ether oxygens (including phenoxy) is 3.